The lowest BCUT2D eigenvalue weighted by molar-refractivity contribution is 0.628. The van der Waals surface area contributed by atoms with E-state index >= 15 is 0 Å². The second kappa shape index (κ2) is 5.39. The summed E-state index contributed by atoms with van der Waals surface area (Å²) >= 11 is 0. The largest absolute Gasteiger partial charge is 0.261 e. The van der Waals surface area contributed by atoms with E-state index in [0.29, 0.717) is 0 Å². The summed E-state index contributed by atoms with van der Waals surface area (Å²) in [4.78, 5) is 4.40. The zero-order valence-electron chi connectivity index (χ0n) is 9.73. The van der Waals surface area contributed by atoms with Crippen LogP contribution in [0.15, 0.2) is 53.5 Å². The maximum absolute atomic E-state index is 12.9. The molecule has 0 atom stereocenters. The number of rotatable bonds is 3. The van der Waals surface area contributed by atoms with Gasteiger partial charge in [-0.2, -0.15) is 0 Å². The molecule has 0 N–H and O–H groups in total. The van der Waals surface area contributed by atoms with Crippen LogP contribution < -0.4 is 0 Å². The predicted molar refractivity (Wildman–Crippen MR) is 70.3 cm³/mol. The van der Waals surface area contributed by atoms with Gasteiger partial charge in [0.05, 0.1) is 5.69 Å². The number of halogens is 1. The van der Waals surface area contributed by atoms with Crippen LogP contribution in [0.4, 0.5) is 10.1 Å². The Balaban J connectivity index is 2.44. The van der Waals surface area contributed by atoms with E-state index in [0.717, 1.165) is 23.2 Å². The molecule has 0 aliphatic carbocycles. The van der Waals surface area contributed by atoms with E-state index in [2.05, 4.69) is 4.99 Å². The van der Waals surface area contributed by atoms with Crippen molar-refractivity contribution in [2.24, 2.45) is 4.99 Å². The molecule has 0 bridgehead atoms. The first-order chi connectivity index (χ1) is 8.31. The highest BCUT2D eigenvalue weighted by Crippen LogP contribution is 2.29. The van der Waals surface area contributed by atoms with E-state index in [9.17, 15) is 4.39 Å². The van der Waals surface area contributed by atoms with E-state index in [1.54, 1.807) is 12.1 Å². The van der Waals surface area contributed by atoms with E-state index in [1.165, 1.54) is 12.1 Å². The van der Waals surface area contributed by atoms with E-state index < -0.39 is 0 Å². The SMILES string of the molecule is CCC=Nc1ccccc1-c1ccc(F)cc1. The smallest absolute Gasteiger partial charge is 0.123 e. The molecule has 0 spiro atoms. The minimum atomic E-state index is -0.219. The van der Waals surface area contributed by atoms with Crippen molar-refractivity contribution in [2.45, 2.75) is 13.3 Å². The van der Waals surface area contributed by atoms with Crippen molar-refractivity contribution in [1.82, 2.24) is 0 Å². The monoisotopic (exact) mass is 227 g/mol. The molecular formula is C15H14FN. The third-order valence-electron chi connectivity index (χ3n) is 2.47. The van der Waals surface area contributed by atoms with Gasteiger partial charge in [-0.25, -0.2) is 4.39 Å². The predicted octanol–water partition coefficient (Wildman–Crippen LogP) is 4.61. The van der Waals surface area contributed by atoms with Gasteiger partial charge in [-0.3, -0.25) is 4.99 Å². The Morgan fingerprint density at radius 3 is 2.47 bits per heavy atom. The second-order valence-corrected chi connectivity index (χ2v) is 3.74. The van der Waals surface area contributed by atoms with Crippen molar-refractivity contribution in [3.8, 4) is 11.1 Å². The lowest BCUT2D eigenvalue weighted by Crippen LogP contribution is -1.80. The van der Waals surface area contributed by atoms with Crippen LogP contribution in [0, 0.1) is 5.82 Å². The number of para-hydroxylation sites is 1. The van der Waals surface area contributed by atoms with Crippen LogP contribution in [-0.2, 0) is 0 Å². The molecule has 2 aromatic rings. The molecule has 1 nitrogen and oxygen atoms in total. The van der Waals surface area contributed by atoms with Gasteiger partial charge >= 0.3 is 0 Å². The lowest BCUT2D eigenvalue weighted by atomic mass is 10.0. The van der Waals surface area contributed by atoms with Gasteiger partial charge in [-0.15, -0.1) is 0 Å². The van der Waals surface area contributed by atoms with Gasteiger partial charge in [0, 0.05) is 11.8 Å². The highest BCUT2D eigenvalue weighted by Gasteiger charge is 2.02. The zero-order chi connectivity index (χ0) is 12.1. The first-order valence-electron chi connectivity index (χ1n) is 5.68. The van der Waals surface area contributed by atoms with Crippen LogP contribution in [0.3, 0.4) is 0 Å². The van der Waals surface area contributed by atoms with Gasteiger partial charge in [0.25, 0.3) is 0 Å². The Kier molecular flexibility index (Phi) is 3.66. The lowest BCUT2D eigenvalue weighted by Gasteiger charge is -2.05. The fraction of sp³-hybridized carbons (Fsp3) is 0.133. The number of hydrogen-bond acceptors (Lipinski definition) is 1. The van der Waals surface area contributed by atoms with E-state index in [-0.39, 0.29) is 5.82 Å². The summed E-state index contributed by atoms with van der Waals surface area (Å²) in [7, 11) is 0. The third-order valence-corrected chi connectivity index (χ3v) is 2.47. The molecule has 0 aliphatic heterocycles. The van der Waals surface area contributed by atoms with Gasteiger partial charge in [-0.05, 0) is 30.2 Å². The third kappa shape index (κ3) is 2.78. The van der Waals surface area contributed by atoms with Crippen molar-refractivity contribution in [3.63, 3.8) is 0 Å². The Labute approximate surface area is 101 Å². The molecule has 86 valence electrons. The first kappa shape index (κ1) is 11.5. The number of nitrogens with zero attached hydrogens (tertiary/aromatic N) is 1. The molecule has 2 rings (SSSR count). The highest BCUT2D eigenvalue weighted by atomic mass is 19.1. The van der Waals surface area contributed by atoms with Crippen molar-refractivity contribution in [3.05, 3.63) is 54.3 Å². The van der Waals surface area contributed by atoms with Crippen LogP contribution in [0.2, 0.25) is 0 Å². The Bertz CT molecular complexity index is 515. The molecule has 0 aliphatic rings. The summed E-state index contributed by atoms with van der Waals surface area (Å²) in [5.74, 6) is -0.219. The zero-order valence-corrected chi connectivity index (χ0v) is 9.73. The van der Waals surface area contributed by atoms with Crippen molar-refractivity contribution < 1.29 is 4.39 Å². The second-order valence-electron chi connectivity index (χ2n) is 3.74. The Hall–Kier alpha value is -1.96. The molecule has 0 fully saturated rings. The van der Waals surface area contributed by atoms with Gasteiger partial charge in [0.15, 0.2) is 0 Å². The molecular weight excluding hydrogens is 213 g/mol. The van der Waals surface area contributed by atoms with Crippen LogP contribution in [0.25, 0.3) is 11.1 Å². The highest BCUT2D eigenvalue weighted by molar-refractivity contribution is 5.78. The van der Waals surface area contributed by atoms with Crippen molar-refractivity contribution >= 4 is 11.9 Å². The van der Waals surface area contributed by atoms with Crippen molar-refractivity contribution in [2.75, 3.05) is 0 Å². The summed E-state index contributed by atoms with van der Waals surface area (Å²) in [6.45, 7) is 2.05. The topological polar surface area (TPSA) is 12.4 Å². The normalized spacial score (nSPS) is 10.9. The van der Waals surface area contributed by atoms with E-state index in [1.807, 2.05) is 37.4 Å². The fourth-order valence-corrected chi connectivity index (χ4v) is 1.65. The molecule has 2 aromatic carbocycles. The van der Waals surface area contributed by atoms with Crippen LogP contribution in [0.5, 0.6) is 0 Å². The van der Waals surface area contributed by atoms with Gasteiger partial charge < -0.3 is 0 Å². The van der Waals surface area contributed by atoms with Gasteiger partial charge in [-0.1, -0.05) is 37.3 Å². The minimum Gasteiger partial charge on any atom is -0.261 e. The van der Waals surface area contributed by atoms with Gasteiger partial charge in [0.1, 0.15) is 5.82 Å². The molecule has 2 heteroatoms. The molecule has 0 heterocycles. The summed E-state index contributed by atoms with van der Waals surface area (Å²) in [5.41, 5.74) is 2.92. The fourth-order valence-electron chi connectivity index (χ4n) is 1.65. The maximum Gasteiger partial charge on any atom is 0.123 e. The molecule has 0 amide bonds. The van der Waals surface area contributed by atoms with Crippen LogP contribution in [0.1, 0.15) is 13.3 Å². The van der Waals surface area contributed by atoms with Gasteiger partial charge in [0.2, 0.25) is 0 Å². The summed E-state index contributed by atoms with van der Waals surface area (Å²) in [6, 6.07) is 14.4. The first-order valence-corrected chi connectivity index (χ1v) is 5.68. The van der Waals surface area contributed by atoms with E-state index in [4.69, 9.17) is 0 Å². The number of hydrogen-bond donors (Lipinski definition) is 0. The number of aliphatic imine (C=N–C) groups is 1. The molecule has 0 saturated carbocycles. The summed E-state index contributed by atoms with van der Waals surface area (Å²) in [6.07, 6.45) is 2.78. The standard InChI is InChI=1S/C15H14FN/c1-2-11-17-15-6-4-3-5-14(15)12-7-9-13(16)10-8-12/h3-11H,2H2,1H3. The summed E-state index contributed by atoms with van der Waals surface area (Å²) < 4.78 is 12.9. The molecule has 0 saturated heterocycles. The van der Waals surface area contributed by atoms with Crippen LogP contribution >= 0.6 is 0 Å². The molecule has 0 radical (unpaired) electrons. The van der Waals surface area contributed by atoms with Crippen LogP contribution in [-0.4, -0.2) is 6.21 Å². The molecule has 17 heavy (non-hydrogen) atoms. The molecule has 0 unspecified atom stereocenters. The Morgan fingerprint density at radius 1 is 1.06 bits per heavy atom. The van der Waals surface area contributed by atoms with Crippen molar-refractivity contribution in [1.29, 1.82) is 0 Å². The average molecular weight is 227 g/mol. The number of benzene rings is 2. The Morgan fingerprint density at radius 2 is 1.76 bits per heavy atom. The quantitative estimate of drug-likeness (QED) is 0.679. The summed E-state index contributed by atoms with van der Waals surface area (Å²) in [5, 5.41) is 0. The molecule has 0 aromatic heterocycles. The average Bonchev–Trinajstić information content (AvgIpc) is 2.38. The maximum atomic E-state index is 12.9. The minimum absolute atomic E-state index is 0.219.